The number of quaternary nitrogens is 1. The molecule has 1 fully saturated rings. The molecule has 4 nitrogen and oxygen atoms in total. The highest BCUT2D eigenvalue weighted by atomic mass is 16.5. The van der Waals surface area contributed by atoms with E-state index in [4.69, 9.17) is 0 Å². The Balaban J connectivity index is 1.83. The second-order valence-corrected chi connectivity index (χ2v) is 6.47. The van der Waals surface area contributed by atoms with Crippen molar-refractivity contribution in [2.75, 3.05) is 52.3 Å². The molecule has 4 heteroatoms. The molecule has 0 unspecified atom stereocenters. The molecular formula is C17H27N2O2+. The van der Waals surface area contributed by atoms with Crippen LogP contribution in [-0.4, -0.2) is 57.8 Å². The topological polar surface area (TPSA) is 29.5 Å². The van der Waals surface area contributed by atoms with Crippen molar-refractivity contribution in [3.8, 4) is 0 Å². The summed E-state index contributed by atoms with van der Waals surface area (Å²) in [5.41, 5.74) is 2.60. The van der Waals surface area contributed by atoms with Gasteiger partial charge in [0.1, 0.15) is 0 Å². The van der Waals surface area contributed by atoms with E-state index in [0.717, 1.165) is 30.4 Å². The van der Waals surface area contributed by atoms with Crippen molar-refractivity contribution in [3.63, 3.8) is 0 Å². The minimum absolute atomic E-state index is 0.124. The summed E-state index contributed by atoms with van der Waals surface area (Å²) in [4.78, 5) is 13.5. The highest BCUT2D eigenvalue weighted by Gasteiger charge is 2.24. The summed E-state index contributed by atoms with van der Waals surface area (Å²) < 4.78 is 5.77. The van der Waals surface area contributed by atoms with E-state index in [1.165, 1.54) is 31.5 Å². The molecule has 1 aromatic rings. The van der Waals surface area contributed by atoms with Gasteiger partial charge in [0.15, 0.2) is 0 Å². The number of aryl methyl sites for hydroxylation is 1. The molecule has 1 aromatic carbocycles. The van der Waals surface area contributed by atoms with Crippen molar-refractivity contribution in [1.82, 2.24) is 0 Å². The van der Waals surface area contributed by atoms with Crippen LogP contribution in [0.3, 0.4) is 0 Å². The molecule has 116 valence electrons. The van der Waals surface area contributed by atoms with Gasteiger partial charge in [0, 0.05) is 12.1 Å². The van der Waals surface area contributed by atoms with Crippen molar-refractivity contribution in [1.29, 1.82) is 0 Å². The van der Waals surface area contributed by atoms with E-state index in [-0.39, 0.29) is 5.97 Å². The molecule has 0 amide bonds. The van der Waals surface area contributed by atoms with E-state index in [0.29, 0.717) is 6.42 Å². The Bertz CT molecular complexity index is 458. The number of methoxy groups -OCH3 is 1. The highest BCUT2D eigenvalue weighted by Crippen LogP contribution is 2.19. The van der Waals surface area contributed by atoms with E-state index in [1.807, 2.05) is 0 Å². The van der Waals surface area contributed by atoms with Gasteiger partial charge in [-0.2, -0.15) is 0 Å². The molecule has 0 aliphatic carbocycles. The molecule has 0 saturated carbocycles. The Morgan fingerprint density at radius 2 is 1.81 bits per heavy atom. The van der Waals surface area contributed by atoms with E-state index >= 15 is 0 Å². The molecule has 2 rings (SSSR count). The molecule has 0 aromatic heterocycles. The average molecular weight is 291 g/mol. The summed E-state index contributed by atoms with van der Waals surface area (Å²) in [6, 6.07) is 8.78. The number of ether oxygens (including phenoxy) is 1. The van der Waals surface area contributed by atoms with Crippen LogP contribution < -0.4 is 4.90 Å². The van der Waals surface area contributed by atoms with Crippen molar-refractivity contribution in [3.05, 3.63) is 29.8 Å². The third-order valence-corrected chi connectivity index (χ3v) is 4.33. The number of hydrogen-bond acceptors (Lipinski definition) is 3. The van der Waals surface area contributed by atoms with Crippen LogP contribution in [0.5, 0.6) is 0 Å². The van der Waals surface area contributed by atoms with Crippen molar-refractivity contribution in [2.24, 2.45) is 0 Å². The maximum absolute atomic E-state index is 11.1. The number of rotatable bonds is 5. The summed E-state index contributed by atoms with van der Waals surface area (Å²) in [5.74, 6) is -0.124. The maximum atomic E-state index is 11.1. The third kappa shape index (κ3) is 4.74. The molecule has 1 heterocycles. The molecule has 1 aliphatic heterocycles. The Hall–Kier alpha value is -1.55. The van der Waals surface area contributed by atoms with Gasteiger partial charge < -0.3 is 14.1 Å². The lowest BCUT2D eigenvalue weighted by atomic mass is 10.1. The van der Waals surface area contributed by atoms with Gasteiger partial charge in [-0.15, -0.1) is 0 Å². The fraction of sp³-hybridized carbons (Fsp3) is 0.588. The van der Waals surface area contributed by atoms with Gasteiger partial charge >= 0.3 is 5.97 Å². The molecule has 1 aliphatic rings. The molecule has 0 bridgehead atoms. The number of esters is 1. The summed E-state index contributed by atoms with van der Waals surface area (Å²) in [7, 11) is 6.03. The summed E-state index contributed by atoms with van der Waals surface area (Å²) in [5, 5.41) is 0. The predicted molar refractivity (Wildman–Crippen MR) is 85.5 cm³/mol. The molecule has 21 heavy (non-hydrogen) atoms. The van der Waals surface area contributed by atoms with Crippen LogP contribution in [0.2, 0.25) is 0 Å². The Morgan fingerprint density at radius 3 is 2.38 bits per heavy atom. The second-order valence-electron chi connectivity index (χ2n) is 6.47. The molecule has 0 radical (unpaired) electrons. The summed E-state index contributed by atoms with van der Waals surface area (Å²) >= 11 is 0. The SMILES string of the molecule is COC(=O)CCCc1ccc(N2CC[N+](C)(C)CC2)cc1. The van der Waals surface area contributed by atoms with E-state index in [1.54, 1.807) is 0 Å². The normalized spacial score (nSPS) is 17.6. The number of anilines is 1. The minimum atomic E-state index is -0.124. The van der Waals surface area contributed by atoms with Gasteiger partial charge in [0.25, 0.3) is 0 Å². The summed E-state index contributed by atoms with van der Waals surface area (Å²) in [6.45, 7) is 4.63. The van der Waals surface area contributed by atoms with Crippen molar-refractivity contribution in [2.45, 2.75) is 19.3 Å². The van der Waals surface area contributed by atoms with Crippen LogP contribution in [0, 0.1) is 0 Å². The first-order valence-corrected chi connectivity index (χ1v) is 7.73. The lowest BCUT2D eigenvalue weighted by molar-refractivity contribution is -0.890. The third-order valence-electron chi connectivity index (χ3n) is 4.33. The standard InChI is InChI=1S/C17H27N2O2/c1-19(2)13-11-18(12-14-19)16-9-7-15(8-10-16)5-4-6-17(20)21-3/h7-10H,4-6,11-14H2,1-3H3/q+1. The zero-order valence-corrected chi connectivity index (χ0v) is 13.5. The van der Waals surface area contributed by atoms with Crippen LogP contribution in [0.25, 0.3) is 0 Å². The zero-order chi connectivity index (χ0) is 15.3. The van der Waals surface area contributed by atoms with Crippen LogP contribution >= 0.6 is 0 Å². The number of hydrogen-bond donors (Lipinski definition) is 0. The van der Waals surface area contributed by atoms with Gasteiger partial charge in [0.05, 0.1) is 47.4 Å². The van der Waals surface area contributed by atoms with Crippen LogP contribution in [0.15, 0.2) is 24.3 Å². The monoisotopic (exact) mass is 291 g/mol. The molecule has 0 N–H and O–H groups in total. The van der Waals surface area contributed by atoms with Gasteiger partial charge in [0.2, 0.25) is 0 Å². The Kier molecular flexibility index (Phi) is 5.23. The number of carbonyl (C=O) groups is 1. The number of likely N-dealkylation sites (N-methyl/N-ethyl adjacent to an activating group) is 1. The lowest BCUT2D eigenvalue weighted by Crippen LogP contribution is -2.54. The average Bonchev–Trinajstić information content (AvgIpc) is 2.48. The van der Waals surface area contributed by atoms with Gasteiger partial charge in [-0.3, -0.25) is 4.79 Å². The number of piperazine rings is 1. The maximum Gasteiger partial charge on any atom is 0.305 e. The van der Waals surface area contributed by atoms with Crippen molar-refractivity contribution >= 4 is 11.7 Å². The molecule has 0 atom stereocenters. The Labute approximate surface area is 127 Å². The molecular weight excluding hydrogens is 264 g/mol. The largest absolute Gasteiger partial charge is 0.469 e. The minimum Gasteiger partial charge on any atom is -0.469 e. The smallest absolute Gasteiger partial charge is 0.305 e. The molecule has 0 spiro atoms. The number of nitrogens with zero attached hydrogens (tertiary/aromatic N) is 2. The fourth-order valence-electron chi connectivity index (χ4n) is 2.68. The van der Waals surface area contributed by atoms with Crippen LogP contribution in [0.1, 0.15) is 18.4 Å². The van der Waals surface area contributed by atoms with E-state index in [9.17, 15) is 4.79 Å². The predicted octanol–water partition coefficient (Wildman–Crippen LogP) is 2.08. The zero-order valence-electron chi connectivity index (χ0n) is 13.5. The number of benzene rings is 1. The quantitative estimate of drug-likeness (QED) is 0.614. The first-order chi connectivity index (χ1) is 10.00. The second kappa shape index (κ2) is 6.94. The summed E-state index contributed by atoms with van der Waals surface area (Å²) in [6.07, 6.45) is 2.28. The van der Waals surface area contributed by atoms with Crippen molar-refractivity contribution < 1.29 is 14.0 Å². The van der Waals surface area contributed by atoms with Crippen LogP contribution in [0.4, 0.5) is 5.69 Å². The lowest BCUT2D eigenvalue weighted by Gasteiger charge is -2.40. The van der Waals surface area contributed by atoms with Gasteiger partial charge in [-0.05, 0) is 30.5 Å². The van der Waals surface area contributed by atoms with E-state index in [2.05, 4.69) is 48.0 Å². The highest BCUT2D eigenvalue weighted by molar-refractivity contribution is 5.69. The number of carbonyl (C=O) groups excluding carboxylic acids is 1. The van der Waals surface area contributed by atoms with Gasteiger partial charge in [-0.25, -0.2) is 0 Å². The van der Waals surface area contributed by atoms with Crippen LogP contribution in [-0.2, 0) is 16.0 Å². The Morgan fingerprint density at radius 1 is 1.19 bits per heavy atom. The first kappa shape index (κ1) is 15.8. The van der Waals surface area contributed by atoms with E-state index < -0.39 is 0 Å². The fourth-order valence-corrected chi connectivity index (χ4v) is 2.68. The molecule has 1 saturated heterocycles. The van der Waals surface area contributed by atoms with Gasteiger partial charge in [-0.1, -0.05) is 12.1 Å². The first-order valence-electron chi connectivity index (χ1n) is 7.73.